The zero-order valence-corrected chi connectivity index (χ0v) is 10.0. The summed E-state index contributed by atoms with van der Waals surface area (Å²) in [4.78, 5) is 15.0. The molecule has 0 aliphatic heterocycles. The van der Waals surface area contributed by atoms with E-state index in [1.54, 1.807) is 12.3 Å². The number of hydrogen-bond donors (Lipinski definition) is 0. The molecule has 14 heavy (non-hydrogen) atoms. The van der Waals surface area contributed by atoms with Crippen molar-refractivity contribution in [1.82, 2.24) is 4.98 Å². The molecule has 0 saturated carbocycles. The molecule has 0 atom stereocenters. The molecular formula is C8H9BrN2O2S. The maximum atomic E-state index is 11.1. The Hall–Kier alpha value is -0.930. The Kier molecular flexibility index (Phi) is 6.08. The smallest absolute Gasteiger partial charge is 0.357 e. The van der Waals surface area contributed by atoms with Crippen LogP contribution in [0.1, 0.15) is 22.4 Å². The van der Waals surface area contributed by atoms with Gasteiger partial charge in [0.25, 0.3) is 0 Å². The molecule has 1 aromatic rings. The maximum absolute atomic E-state index is 11.1. The summed E-state index contributed by atoms with van der Waals surface area (Å²) in [5, 5.41) is 10.6. The van der Waals surface area contributed by atoms with Crippen LogP contribution in [-0.4, -0.2) is 17.6 Å². The molecule has 4 nitrogen and oxygen atoms in total. The van der Waals surface area contributed by atoms with E-state index in [0.717, 1.165) is 0 Å². The number of nitrogens with zero attached hydrogens (tertiary/aromatic N) is 2. The van der Waals surface area contributed by atoms with Crippen LogP contribution in [0.3, 0.4) is 0 Å². The van der Waals surface area contributed by atoms with E-state index < -0.39 is 5.97 Å². The number of carbonyl (C=O) groups is 1. The Morgan fingerprint density at radius 1 is 1.79 bits per heavy atom. The Morgan fingerprint density at radius 2 is 2.50 bits per heavy atom. The van der Waals surface area contributed by atoms with Gasteiger partial charge in [-0.2, -0.15) is 5.26 Å². The summed E-state index contributed by atoms with van der Waals surface area (Å²) in [6.07, 6.45) is 0.240. The van der Waals surface area contributed by atoms with E-state index in [2.05, 4.69) is 4.98 Å². The van der Waals surface area contributed by atoms with Gasteiger partial charge >= 0.3 is 5.97 Å². The molecule has 0 amide bonds. The molecule has 1 heterocycles. The minimum atomic E-state index is -0.428. The van der Waals surface area contributed by atoms with Crippen LogP contribution in [0, 0.1) is 11.3 Å². The predicted octanol–water partition coefficient (Wildman–Crippen LogP) is 1.96. The predicted molar refractivity (Wildman–Crippen MR) is 57.7 cm³/mol. The maximum Gasteiger partial charge on any atom is 0.357 e. The van der Waals surface area contributed by atoms with Gasteiger partial charge in [0.05, 0.1) is 19.1 Å². The lowest BCUT2D eigenvalue weighted by molar-refractivity contribution is 0.0520. The molecule has 1 aromatic heterocycles. The van der Waals surface area contributed by atoms with Crippen molar-refractivity contribution in [2.24, 2.45) is 0 Å². The van der Waals surface area contributed by atoms with Crippen molar-refractivity contribution in [3.05, 3.63) is 16.1 Å². The van der Waals surface area contributed by atoms with E-state index in [9.17, 15) is 4.79 Å². The van der Waals surface area contributed by atoms with Crippen molar-refractivity contribution in [3.8, 4) is 6.07 Å². The highest BCUT2D eigenvalue weighted by molar-refractivity contribution is 8.93. The van der Waals surface area contributed by atoms with Crippen LogP contribution < -0.4 is 0 Å². The second-order valence-electron chi connectivity index (χ2n) is 2.18. The van der Waals surface area contributed by atoms with E-state index >= 15 is 0 Å². The SMILES string of the molecule is Br.CCOC(=O)c1csc(CC#N)n1. The molecule has 6 heteroatoms. The monoisotopic (exact) mass is 276 g/mol. The molecular weight excluding hydrogens is 268 g/mol. The van der Waals surface area contributed by atoms with Crippen LogP contribution in [0.15, 0.2) is 5.38 Å². The highest BCUT2D eigenvalue weighted by atomic mass is 79.9. The van der Waals surface area contributed by atoms with Gasteiger partial charge in [-0.1, -0.05) is 0 Å². The Bertz CT molecular complexity index is 345. The van der Waals surface area contributed by atoms with Gasteiger partial charge in [-0.15, -0.1) is 28.3 Å². The van der Waals surface area contributed by atoms with Gasteiger partial charge in [-0.3, -0.25) is 0 Å². The van der Waals surface area contributed by atoms with Crippen molar-refractivity contribution in [2.45, 2.75) is 13.3 Å². The lowest BCUT2D eigenvalue weighted by Gasteiger charge is -1.95. The standard InChI is InChI=1S/C8H8N2O2S.BrH/c1-2-12-8(11)6-5-13-7(10-6)3-4-9;/h5H,2-3H2,1H3;1H. The second-order valence-corrected chi connectivity index (χ2v) is 3.12. The van der Waals surface area contributed by atoms with Gasteiger partial charge < -0.3 is 4.74 Å². The lowest BCUT2D eigenvalue weighted by atomic mass is 10.4. The van der Waals surface area contributed by atoms with Crippen LogP contribution in [0.4, 0.5) is 0 Å². The first-order valence-corrected chi connectivity index (χ1v) is 4.64. The van der Waals surface area contributed by atoms with Gasteiger partial charge in [0.2, 0.25) is 0 Å². The minimum absolute atomic E-state index is 0. The number of esters is 1. The molecule has 0 fully saturated rings. The van der Waals surface area contributed by atoms with E-state index in [-0.39, 0.29) is 29.1 Å². The normalized spacial score (nSPS) is 8.57. The fraction of sp³-hybridized carbons (Fsp3) is 0.375. The van der Waals surface area contributed by atoms with E-state index in [4.69, 9.17) is 10.00 Å². The van der Waals surface area contributed by atoms with Gasteiger partial charge in [0.15, 0.2) is 5.69 Å². The van der Waals surface area contributed by atoms with Crippen LogP contribution in [-0.2, 0) is 11.2 Å². The molecule has 76 valence electrons. The summed E-state index contributed by atoms with van der Waals surface area (Å²) in [5.74, 6) is -0.428. The number of halogens is 1. The highest BCUT2D eigenvalue weighted by Crippen LogP contribution is 2.10. The van der Waals surface area contributed by atoms with E-state index in [0.29, 0.717) is 11.6 Å². The van der Waals surface area contributed by atoms with Gasteiger partial charge in [-0.05, 0) is 6.92 Å². The third kappa shape index (κ3) is 3.44. The summed E-state index contributed by atoms with van der Waals surface area (Å²) >= 11 is 1.29. The molecule has 0 aliphatic carbocycles. The zero-order chi connectivity index (χ0) is 9.68. The minimum Gasteiger partial charge on any atom is -0.461 e. The van der Waals surface area contributed by atoms with Crippen molar-refractivity contribution in [2.75, 3.05) is 6.61 Å². The van der Waals surface area contributed by atoms with Crippen molar-refractivity contribution in [3.63, 3.8) is 0 Å². The Labute approximate surface area is 96.3 Å². The van der Waals surface area contributed by atoms with Gasteiger partial charge in [0, 0.05) is 5.38 Å². The molecule has 0 radical (unpaired) electrons. The lowest BCUT2D eigenvalue weighted by Crippen LogP contribution is -2.04. The topological polar surface area (TPSA) is 63.0 Å². The van der Waals surface area contributed by atoms with E-state index in [1.807, 2.05) is 6.07 Å². The molecule has 0 spiro atoms. The molecule has 0 N–H and O–H groups in total. The number of thiazole rings is 1. The summed E-state index contributed by atoms with van der Waals surface area (Å²) in [7, 11) is 0. The first-order chi connectivity index (χ1) is 6.27. The molecule has 0 aliphatic rings. The third-order valence-electron chi connectivity index (χ3n) is 1.27. The summed E-state index contributed by atoms with van der Waals surface area (Å²) in [5.41, 5.74) is 0.289. The number of rotatable bonds is 3. The van der Waals surface area contributed by atoms with Crippen LogP contribution >= 0.6 is 28.3 Å². The van der Waals surface area contributed by atoms with Crippen LogP contribution in [0.5, 0.6) is 0 Å². The molecule has 0 bridgehead atoms. The van der Waals surface area contributed by atoms with Crippen molar-refractivity contribution >= 4 is 34.3 Å². The molecule has 1 rings (SSSR count). The number of ether oxygens (including phenoxy) is 1. The van der Waals surface area contributed by atoms with E-state index in [1.165, 1.54) is 11.3 Å². The summed E-state index contributed by atoms with van der Waals surface area (Å²) in [6, 6.07) is 1.96. The fourth-order valence-electron chi connectivity index (χ4n) is 0.759. The first-order valence-electron chi connectivity index (χ1n) is 3.76. The van der Waals surface area contributed by atoms with Crippen molar-refractivity contribution in [1.29, 1.82) is 5.26 Å². The summed E-state index contributed by atoms with van der Waals surface area (Å²) < 4.78 is 4.74. The third-order valence-corrected chi connectivity index (χ3v) is 2.12. The number of hydrogen-bond acceptors (Lipinski definition) is 5. The summed E-state index contributed by atoms with van der Waals surface area (Å²) in [6.45, 7) is 2.07. The second kappa shape index (κ2) is 6.51. The first kappa shape index (κ1) is 13.1. The Morgan fingerprint density at radius 3 is 3.07 bits per heavy atom. The largest absolute Gasteiger partial charge is 0.461 e. The Balaban J connectivity index is 0.00000169. The number of carbonyl (C=O) groups excluding carboxylic acids is 1. The van der Waals surface area contributed by atoms with Gasteiger partial charge in [-0.25, -0.2) is 9.78 Å². The van der Waals surface area contributed by atoms with Gasteiger partial charge in [0.1, 0.15) is 5.01 Å². The average Bonchev–Trinajstić information content (AvgIpc) is 2.54. The quantitative estimate of drug-likeness (QED) is 0.792. The zero-order valence-electron chi connectivity index (χ0n) is 7.52. The number of aromatic nitrogens is 1. The molecule has 0 aromatic carbocycles. The molecule has 0 unspecified atom stereocenters. The molecule has 0 saturated heterocycles. The fourth-order valence-corrected chi connectivity index (χ4v) is 1.45. The highest BCUT2D eigenvalue weighted by Gasteiger charge is 2.10. The van der Waals surface area contributed by atoms with Crippen LogP contribution in [0.2, 0.25) is 0 Å². The number of nitriles is 1. The van der Waals surface area contributed by atoms with Crippen LogP contribution in [0.25, 0.3) is 0 Å². The average molecular weight is 277 g/mol. The van der Waals surface area contributed by atoms with Crippen molar-refractivity contribution < 1.29 is 9.53 Å².